The van der Waals surface area contributed by atoms with Crippen LogP contribution in [-0.2, 0) is 20.8 Å². The van der Waals surface area contributed by atoms with Crippen LogP contribution < -0.4 is 14.4 Å². The van der Waals surface area contributed by atoms with Gasteiger partial charge in [-0.25, -0.2) is 0 Å². The lowest BCUT2D eigenvalue weighted by molar-refractivity contribution is -0.141. The van der Waals surface area contributed by atoms with E-state index in [1.165, 1.54) is 12.0 Å². The van der Waals surface area contributed by atoms with Crippen LogP contribution in [0.1, 0.15) is 15.9 Å². The summed E-state index contributed by atoms with van der Waals surface area (Å²) in [5.74, 6) is 0.457. The zero-order valence-electron chi connectivity index (χ0n) is 18.1. The van der Waals surface area contributed by atoms with Gasteiger partial charge in [0.2, 0.25) is 0 Å². The number of hydrogen-bond acceptors (Lipinski definition) is 7. The van der Waals surface area contributed by atoms with Gasteiger partial charge in [-0.15, -0.1) is 0 Å². The van der Waals surface area contributed by atoms with E-state index < -0.39 is 5.97 Å². The highest BCUT2D eigenvalue weighted by molar-refractivity contribution is 5.96. The van der Waals surface area contributed by atoms with Crippen LogP contribution in [0.15, 0.2) is 42.5 Å². The Morgan fingerprint density at radius 1 is 0.968 bits per heavy atom. The van der Waals surface area contributed by atoms with Crippen LogP contribution in [0.25, 0.3) is 0 Å². The van der Waals surface area contributed by atoms with Crippen molar-refractivity contribution in [2.24, 2.45) is 0 Å². The fraction of sp³-hybridized carbons (Fsp3) is 0.391. The molecule has 1 heterocycles. The van der Waals surface area contributed by atoms with Gasteiger partial charge in [-0.05, 0) is 42.0 Å². The maximum atomic E-state index is 13.2. The fourth-order valence-electron chi connectivity index (χ4n) is 3.42. The van der Waals surface area contributed by atoms with Gasteiger partial charge in [0.05, 0.1) is 34.5 Å². The Bertz CT molecular complexity index is 871. The van der Waals surface area contributed by atoms with Crippen molar-refractivity contribution in [3.8, 4) is 11.5 Å². The molecule has 8 nitrogen and oxygen atoms in total. The molecule has 31 heavy (non-hydrogen) atoms. The Balaban J connectivity index is 1.81. The Kier molecular flexibility index (Phi) is 7.72. The minimum atomic E-state index is -0.492. The van der Waals surface area contributed by atoms with E-state index >= 15 is 0 Å². The molecule has 1 fully saturated rings. The summed E-state index contributed by atoms with van der Waals surface area (Å²) in [7, 11) is 4.43. The van der Waals surface area contributed by atoms with Crippen LogP contribution in [0.3, 0.4) is 0 Å². The lowest BCUT2D eigenvalue weighted by Crippen LogP contribution is -2.37. The molecule has 0 unspecified atom stereocenters. The quantitative estimate of drug-likeness (QED) is 0.598. The van der Waals surface area contributed by atoms with E-state index in [4.69, 9.17) is 18.9 Å². The van der Waals surface area contributed by atoms with E-state index in [1.54, 1.807) is 32.4 Å². The summed E-state index contributed by atoms with van der Waals surface area (Å²) in [6.07, 6.45) is 0. The van der Waals surface area contributed by atoms with E-state index in [-0.39, 0.29) is 19.0 Å². The normalized spacial score (nSPS) is 13.5. The minimum absolute atomic E-state index is 0.167. The molecule has 0 N–H and O–H groups in total. The zero-order valence-corrected chi connectivity index (χ0v) is 18.1. The summed E-state index contributed by atoms with van der Waals surface area (Å²) in [5.41, 5.74) is 2.31. The predicted octanol–water partition coefficient (Wildman–Crippen LogP) is 2.36. The molecule has 2 aromatic rings. The van der Waals surface area contributed by atoms with Crippen molar-refractivity contribution in [1.29, 1.82) is 0 Å². The highest BCUT2D eigenvalue weighted by Gasteiger charge is 2.21. The number of esters is 1. The molecule has 0 bridgehead atoms. The number of nitrogens with zero attached hydrogens (tertiary/aromatic N) is 2. The SMILES string of the molecule is COC(=O)CN(Cc1cc(OC)cc(OC)c1)C(=O)c1ccc(N2CCOCC2)cc1. The van der Waals surface area contributed by atoms with Crippen LogP contribution in [0, 0.1) is 0 Å². The Morgan fingerprint density at radius 3 is 2.13 bits per heavy atom. The number of morpholine rings is 1. The monoisotopic (exact) mass is 428 g/mol. The van der Waals surface area contributed by atoms with E-state index in [1.807, 2.05) is 24.3 Å². The molecule has 0 atom stereocenters. The number of amides is 1. The van der Waals surface area contributed by atoms with Crippen molar-refractivity contribution in [2.45, 2.75) is 6.54 Å². The van der Waals surface area contributed by atoms with Gasteiger partial charge in [0.15, 0.2) is 0 Å². The van der Waals surface area contributed by atoms with Crippen LogP contribution in [0.4, 0.5) is 5.69 Å². The fourth-order valence-corrected chi connectivity index (χ4v) is 3.42. The van der Waals surface area contributed by atoms with Crippen LogP contribution in [-0.4, -0.2) is 71.0 Å². The number of rotatable bonds is 8. The van der Waals surface area contributed by atoms with Crippen molar-refractivity contribution in [3.05, 3.63) is 53.6 Å². The third kappa shape index (κ3) is 5.88. The minimum Gasteiger partial charge on any atom is -0.497 e. The smallest absolute Gasteiger partial charge is 0.325 e. The molecule has 0 aliphatic carbocycles. The van der Waals surface area contributed by atoms with Gasteiger partial charge in [0, 0.05) is 37.0 Å². The molecule has 8 heteroatoms. The molecule has 1 aliphatic heterocycles. The molecule has 166 valence electrons. The number of carbonyl (C=O) groups is 2. The van der Waals surface area contributed by atoms with Gasteiger partial charge >= 0.3 is 5.97 Å². The molecular weight excluding hydrogens is 400 g/mol. The predicted molar refractivity (Wildman–Crippen MR) is 116 cm³/mol. The first kappa shape index (κ1) is 22.4. The molecule has 1 saturated heterocycles. The number of methoxy groups -OCH3 is 3. The number of hydrogen-bond donors (Lipinski definition) is 0. The second kappa shape index (κ2) is 10.7. The van der Waals surface area contributed by atoms with E-state index in [9.17, 15) is 9.59 Å². The average Bonchev–Trinajstić information content (AvgIpc) is 2.83. The van der Waals surface area contributed by atoms with Gasteiger partial charge in [0.1, 0.15) is 18.0 Å². The van der Waals surface area contributed by atoms with Gasteiger partial charge in [0.25, 0.3) is 5.91 Å². The lowest BCUT2D eigenvalue weighted by Gasteiger charge is -2.29. The van der Waals surface area contributed by atoms with Crippen molar-refractivity contribution in [3.63, 3.8) is 0 Å². The number of ether oxygens (including phenoxy) is 4. The summed E-state index contributed by atoms with van der Waals surface area (Å²) in [4.78, 5) is 28.9. The largest absolute Gasteiger partial charge is 0.497 e. The van der Waals surface area contributed by atoms with Crippen LogP contribution >= 0.6 is 0 Å². The number of carbonyl (C=O) groups excluding carboxylic acids is 2. The summed E-state index contributed by atoms with van der Waals surface area (Å²) in [6.45, 7) is 3.06. The molecule has 0 spiro atoms. The summed E-state index contributed by atoms with van der Waals surface area (Å²) < 4.78 is 20.8. The van der Waals surface area contributed by atoms with E-state index in [2.05, 4.69) is 4.90 Å². The van der Waals surface area contributed by atoms with Gasteiger partial charge < -0.3 is 28.7 Å². The third-order valence-electron chi connectivity index (χ3n) is 5.11. The summed E-state index contributed by atoms with van der Waals surface area (Å²) in [5, 5.41) is 0. The average molecular weight is 428 g/mol. The highest BCUT2D eigenvalue weighted by Crippen LogP contribution is 2.24. The second-order valence-corrected chi connectivity index (χ2v) is 7.10. The molecular formula is C23H28N2O6. The standard InChI is InChI=1S/C23H28N2O6/c1-28-20-12-17(13-21(14-20)29-2)15-25(16-22(26)30-3)23(27)18-4-6-19(7-5-18)24-8-10-31-11-9-24/h4-7,12-14H,8-11,15-16H2,1-3H3. The molecule has 1 aliphatic rings. The Labute approximate surface area is 182 Å². The van der Waals surface area contributed by atoms with Crippen LogP contribution in [0.2, 0.25) is 0 Å². The Hall–Kier alpha value is -3.26. The highest BCUT2D eigenvalue weighted by atomic mass is 16.5. The molecule has 1 amide bonds. The molecule has 3 rings (SSSR count). The lowest BCUT2D eigenvalue weighted by atomic mass is 10.1. The summed E-state index contributed by atoms with van der Waals surface area (Å²) >= 11 is 0. The molecule has 2 aromatic carbocycles. The topological polar surface area (TPSA) is 77.5 Å². The second-order valence-electron chi connectivity index (χ2n) is 7.10. The van der Waals surface area contributed by atoms with Gasteiger partial charge in [-0.3, -0.25) is 9.59 Å². The first-order valence-corrected chi connectivity index (χ1v) is 10.0. The molecule has 0 aromatic heterocycles. The van der Waals surface area contributed by atoms with E-state index in [0.717, 1.165) is 24.3 Å². The van der Waals surface area contributed by atoms with Crippen molar-refractivity contribution < 1.29 is 28.5 Å². The van der Waals surface area contributed by atoms with Crippen LogP contribution in [0.5, 0.6) is 11.5 Å². The van der Waals surface area contributed by atoms with Gasteiger partial charge in [-0.1, -0.05) is 0 Å². The maximum Gasteiger partial charge on any atom is 0.325 e. The molecule has 0 radical (unpaired) electrons. The number of anilines is 1. The van der Waals surface area contributed by atoms with E-state index in [0.29, 0.717) is 30.3 Å². The first-order chi connectivity index (χ1) is 15.0. The zero-order chi connectivity index (χ0) is 22.2. The van der Waals surface area contributed by atoms with Gasteiger partial charge in [-0.2, -0.15) is 0 Å². The first-order valence-electron chi connectivity index (χ1n) is 10.0. The van der Waals surface area contributed by atoms with Crippen molar-refractivity contribution in [2.75, 3.05) is 59.1 Å². The van der Waals surface area contributed by atoms with Crippen molar-refractivity contribution in [1.82, 2.24) is 4.90 Å². The Morgan fingerprint density at radius 2 is 1.58 bits per heavy atom. The summed E-state index contributed by atoms with van der Waals surface area (Å²) in [6, 6.07) is 12.8. The van der Waals surface area contributed by atoms with Crippen molar-refractivity contribution >= 4 is 17.6 Å². The third-order valence-corrected chi connectivity index (χ3v) is 5.11. The maximum absolute atomic E-state index is 13.2. The molecule has 0 saturated carbocycles. The number of benzene rings is 2.